The summed E-state index contributed by atoms with van der Waals surface area (Å²) in [6.07, 6.45) is 4.64. The lowest BCUT2D eigenvalue weighted by Crippen LogP contribution is -2.31. The van der Waals surface area contributed by atoms with Crippen LogP contribution in [0.1, 0.15) is 24.2 Å². The first-order valence-corrected chi connectivity index (χ1v) is 7.88. The minimum absolute atomic E-state index is 0.391. The van der Waals surface area contributed by atoms with Gasteiger partial charge in [-0.05, 0) is 31.0 Å². The van der Waals surface area contributed by atoms with Gasteiger partial charge in [-0.15, -0.1) is 6.58 Å². The number of hydrogen-bond acceptors (Lipinski definition) is 4. The molecule has 0 fully saturated rings. The van der Waals surface area contributed by atoms with Crippen molar-refractivity contribution in [3.63, 3.8) is 0 Å². The lowest BCUT2D eigenvalue weighted by atomic mass is 10.1. The molecule has 0 saturated carbocycles. The standard InChI is InChI=1S/C19H25NO3/c1-3-4-9-17(21)14-20(15-18-10-7-12-23-18)13-16-8-5-6-11-19(16)22-2/h3,5-8,10-12,17,21H,1,4,9,13-15H2,2H3. The lowest BCUT2D eigenvalue weighted by molar-refractivity contribution is 0.0940. The summed E-state index contributed by atoms with van der Waals surface area (Å²) in [5.74, 6) is 1.74. The van der Waals surface area contributed by atoms with E-state index in [2.05, 4.69) is 11.5 Å². The van der Waals surface area contributed by atoms with Gasteiger partial charge in [-0.1, -0.05) is 24.3 Å². The van der Waals surface area contributed by atoms with E-state index in [0.29, 0.717) is 26.1 Å². The highest BCUT2D eigenvalue weighted by molar-refractivity contribution is 5.33. The van der Waals surface area contributed by atoms with Gasteiger partial charge in [0.1, 0.15) is 11.5 Å². The summed E-state index contributed by atoms with van der Waals surface area (Å²) in [5.41, 5.74) is 1.09. The van der Waals surface area contributed by atoms with Crippen molar-refractivity contribution in [3.8, 4) is 5.75 Å². The van der Waals surface area contributed by atoms with Gasteiger partial charge in [-0.3, -0.25) is 4.90 Å². The van der Waals surface area contributed by atoms with E-state index in [1.807, 2.05) is 42.5 Å². The van der Waals surface area contributed by atoms with Crippen LogP contribution in [0.2, 0.25) is 0 Å². The summed E-state index contributed by atoms with van der Waals surface area (Å²) in [5, 5.41) is 10.2. The normalized spacial score (nSPS) is 12.3. The molecule has 0 aliphatic rings. The molecule has 4 nitrogen and oxygen atoms in total. The smallest absolute Gasteiger partial charge is 0.123 e. The number of ether oxygens (including phenoxy) is 1. The van der Waals surface area contributed by atoms with Crippen molar-refractivity contribution < 1.29 is 14.3 Å². The Kier molecular flexibility index (Phi) is 6.91. The molecule has 0 saturated heterocycles. The summed E-state index contributed by atoms with van der Waals surface area (Å²) < 4.78 is 10.9. The number of aliphatic hydroxyl groups is 1. The second-order valence-corrected chi connectivity index (χ2v) is 5.58. The summed E-state index contributed by atoms with van der Waals surface area (Å²) in [7, 11) is 1.68. The number of allylic oxidation sites excluding steroid dienone is 1. The Morgan fingerprint density at radius 1 is 1.26 bits per heavy atom. The summed E-state index contributed by atoms with van der Waals surface area (Å²) in [6.45, 7) is 5.62. The maximum absolute atomic E-state index is 10.2. The van der Waals surface area contributed by atoms with Crippen molar-refractivity contribution in [2.75, 3.05) is 13.7 Å². The Hall–Kier alpha value is -2.04. The highest BCUT2D eigenvalue weighted by Crippen LogP contribution is 2.21. The van der Waals surface area contributed by atoms with E-state index >= 15 is 0 Å². The van der Waals surface area contributed by atoms with Crippen LogP contribution in [-0.2, 0) is 13.1 Å². The van der Waals surface area contributed by atoms with Crippen molar-refractivity contribution >= 4 is 0 Å². The highest BCUT2D eigenvalue weighted by Gasteiger charge is 2.15. The van der Waals surface area contributed by atoms with Crippen LogP contribution in [0.15, 0.2) is 59.7 Å². The average Bonchev–Trinajstić information content (AvgIpc) is 3.06. The SMILES string of the molecule is C=CCCC(O)CN(Cc1ccco1)Cc1ccccc1OC. The molecular formula is C19H25NO3. The molecular weight excluding hydrogens is 290 g/mol. The second-order valence-electron chi connectivity index (χ2n) is 5.58. The fourth-order valence-corrected chi connectivity index (χ4v) is 2.58. The number of furan rings is 1. The fourth-order valence-electron chi connectivity index (χ4n) is 2.58. The summed E-state index contributed by atoms with van der Waals surface area (Å²) in [4.78, 5) is 2.17. The number of benzene rings is 1. The zero-order valence-corrected chi connectivity index (χ0v) is 13.6. The van der Waals surface area contributed by atoms with Crippen LogP contribution in [0.25, 0.3) is 0 Å². The molecule has 0 radical (unpaired) electrons. The third kappa shape index (κ3) is 5.58. The molecule has 1 N–H and O–H groups in total. The molecule has 1 unspecified atom stereocenters. The van der Waals surface area contributed by atoms with Gasteiger partial charge in [-0.2, -0.15) is 0 Å². The molecule has 2 aromatic rings. The van der Waals surface area contributed by atoms with Crippen molar-refractivity contribution in [2.45, 2.75) is 32.0 Å². The Balaban J connectivity index is 2.07. The lowest BCUT2D eigenvalue weighted by Gasteiger charge is -2.25. The van der Waals surface area contributed by atoms with Gasteiger partial charge in [-0.25, -0.2) is 0 Å². The Morgan fingerprint density at radius 3 is 2.78 bits per heavy atom. The molecule has 2 rings (SSSR count). The van der Waals surface area contributed by atoms with Crippen LogP contribution in [0.4, 0.5) is 0 Å². The molecule has 0 bridgehead atoms. The maximum Gasteiger partial charge on any atom is 0.123 e. The molecule has 4 heteroatoms. The molecule has 1 atom stereocenters. The Labute approximate surface area is 138 Å². The molecule has 124 valence electrons. The van der Waals surface area contributed by atoms with Crippen LogP contribution in [-0.4, -0.2) is 29.8 Å². The quantitative estimate of drug-likeness (QED) is 0.680. The van der Waals surface area contributed by atoms with E-state index in [0.717, 1.165) is 23.5 Å². The van der Waals surface area contributed by atoms with Crippen LogP contribution < -0.4 is 4.74 Å². The van der Waals surface area contributed by atoms with Crippen molar-refractivity contribution in [1.82, 2.24) is 4.90 Å². The molecule has 0 spiro atoms. The molecule has 1 aromatic carbocycles. The molecule has 0 amide bonds. The number of aliphatic hydroxyl groups excluding tert-OH is 1. The Bertz CT molecular complexity index is 580. The van der Waals surface area contributed by atoms with Gasteiger partial charge in [0.2, 0.25) is 0 Å². The molecule has 1 heterocycles. The molecule has 0 aliphatic heterocycles. The van der Waals surface area contributed by atoms with Gasteiger partial charge < -0.3 is 14.3 Å². The Morgan fingerprint density at radius 2 is 2.09 bits per heavy atom. The van der Waals surface area contributed by atoms with Gasteiger partial charge in [0.25, 0.3) is 0 Å². The van der Waals surface area contributed by atoms with Gasteiger partial charge in [0.05, 0.1) is 26.0 Å². The van der Waals surface area contributed by atoms with E-state index in [9.17, 15) is 5.11 Å². The zero-order chi connectivity index (χ0) is 16.5. The van der Waals surface area contributed by atoms with E-state index in [-0.39, 0.29) is 0 Å². The number of methoxy groups -OCH3 is 1. The minimum Gasteiger partial charge on any atom is -0.496 e. The number of hydrogen-bond donors (Lipinski definition) is 1. The first-order chi connectivity index (χ1) is 11.2. The number of rotatable bonds is 10. The number of nitrogens with zero attached hydrogens (tertiary/aromatic N) is 1. The van der Waals surface area contributed by atoms with Gasteiger partial charge in [0.15, 0.2) is 0 Å². The van der Waals surface area contributed by atoms with Gasteiger partial charge >= 0.3 is 0 Å². The third-order valence-electron chi connectivity index (χ3n) is 3.72. The summed E-state index contributed by atoms with van der Waals surface area (Å²) >= 11 is 0. The topological polar surface area (TPSA) is 45.8 Å². The molecule has 23 heavy (non-hydrogen) atoms. The van der Waals surface area contributed by atoms with E-state index in [1.54, 1.807) is 13.4 Å². The van der Waals surface area contributed by atoms with Crippen molar-refractivity contribution in [3.05, 3.63) is 66.6 Å². The fraction of sp³-hybridized carbons (Fsp3) is 0.368. The average molecular weight is 315 g/mol. The predicted molar refractivity (Wildman–Crippen MR) is 91.3 cm³/mol. The van der Waals surface area contributed by atoms with E-state index in [1.165, 1.54) is 0 Å². The molecule has 1 aromatic heterocycles. The van der Waals surface area contributed by atoms with Crippen LogP contribution in [0.3, 0.4) is 0 Å². The predicted octanol–water partition coefficient (Wildman–Crippen LogP) is 3.62. The first kappa shape index (κ1) is 17.3. The van der Waals surface area contributed by atoms with Crippen LogP contribution >= 0.6 is 0 Å². The molecule has 0 aliphatic carbocycles. The highest BCUT2D eigenvalue weighted by atomic mass is 16.5. The zero-order valence-electron chi connectivity index (χ0n) is 13.6. The second kappa shape index (κ2) is 9.18. The number of para-hydroxylation sites is 1. The maximum atomic E-state index is 10.2. The largest absolute Gasteiger partial charge is 0.496 e. The minimum atomic E-state index is -0.391. The van der Waals surface area contributed by atoms with Crippen molar-refractivity contribution in [2.24, 2.45) is 0 Å². The van der Waals surface area contributed by atoms with Crippen LogP contribution in [0, 0.1) is 0 Å². The van der Waals surface area contributed by atoms with Crippen LogP contribution in [0.5, 0.6) is 5.75 Å². The van der Waals surface area contributed by atoms with E-state index < -0.39 is 6.10 Å². The van der Waals surface area contributed by atoms with E-state index in [4.69, 9.17) is 9.15 Å². The van der Waals surface area contributed by atoms with Gasteiger partial charge in [0, 0.05) is 18.7 Å². The monoisotopic (exact) mass is 315 g/mol. The van der Waals surface area contributed by atoms with Crippen molar-refractivity contribution in [1.29, 1.82) is 0 Å². The summed E-state index contributed by atoms with van der Waals surface area (Å²) in [6, 6.07) is 11.8. The third-order valence-corrected chi connectivity index (χ3v) is 3.72. The first-order valence-electron chi connectivity index (χ1n) is 7.88.